The van der Waals surface area contributed by atoms with Gasteiger partial charge in [-0.25, -0.2) is 9.37 Å². The standard InChI is InChI=1S/C16H16FN3O/c1-21-9-8-20-15-5-3-2-4-14(15)19-16(20)11-6-7-12(17)13(18)10-11/h2-7,10H,8-9,18H2,1H3. The molecular weight excluding hydrogens is 269 g/mol. The zero-order valence-electron chi connectivity index (χ0n) is 11.7. The van der Waals surface area contributed by atoms with Crippen LogP contribution in [0.3, 0.4) is 0 Å². The zero-order valence-corrected chi connectivity index (χ0v) is 11.7. The molecule has 0 saturated heterocycles. The SMILES string of the molecule is COCCn1c(-c2ccc(F)c(N)c2)nc2ccccc21. The monoisotopic (exact) mass is 285 g/mol. The lowest BCUT2D eigenvalue weighted by Gasteiger charge is -2.09. The number of halogens is 1. The van der Waals surface area contributed by atoms with Crippen LogP contribution in [0.15, 0.2) is 42.5 Å². The maximum absolute atomic E-state index is 13.3. The Balaban J connectivity index is 2.17. The van der Waals surface area contributed by atoms with E-state index in [-0.39, 0.29) is 5.69 Å². The van der Waals surface area contributed by atoms with Crippen molar-refractivity contribution in [3.63, 3.8) is 0 Å². The van der Waals surface area contributed by atoms with Crippen LogP contribution in [-0.2, 0) is 11.3 Å². The van der Waals surface area contributed by atoms with Gasteiger partial charge in [0.1, 0.15) is 11.6 Å². The molecule has 0 bridgehead atoms. The first-order valence-electron chi connectivity index (χ1n) is 6.70. The highest BCUT2D eigenvalue weighted by molar-refractivity contribution is 5.81. The first kappa shape index (κ1) is 13.6. The number of hydrogen-bond acceptors (Lipinski definition) is 3. The summed E-state index contributed by atoms with van der Waals surface area (Å²) in [4.78, 5) is 4.64. The number of rotatable bonds is 4. The first-order valence-corrected chi connectivity index (χ1v) is 6.70. The van der Waals surface area contributed by atoms with Crippen LogP contribution in [-0.4, -0.2) is 23.3 Å². The molecule has 0 fully saturated rings. The summed E-state index contributed by atoms with van der Waals surface area (Å²) in [7, 11) is 1.66. The van der Waals surface area contributed by atoms with Crippen molar-refractivity contribution < 1.29 is 9.13 Å². The predicted molar refractivity (Wildman–Crippen MR) is 81.4 cm³/mol. The number of nitrogen functional groups attached to an aromatic ring is 1. The van der Waals surface area contributed by atoms with E-state index < -0.39 is 5.82 Å². The van der Waals surface area contributed by atoms with Crippen LogP contribution in [0.1, 0.15) is 0 Å². The Morgan fingerprint density at radius 3 is 2.81 bits per heavy atom. The van der Waals surface area contributed by atoms with E-state index in [1.54, 1.807) is 19.2 Å². The second-order valence-corrected chi connectivity index (χ2v) is 4.80. The number of hydrogen-bond donors (Lipinski definition) is 1. The Morgan fingerprint density at radius 1 is 1.24 bits per heavy atom. The molecule has 0 aliphatic rings. The second kappa shape index (κ2) is 5.54. The highest BCUT2D eigenvalue weighted by Gasteiger charge is 2.13. The Bertz CT molecular complexity index is 782. The second-order valence-electron chi connectivity index (χ2n) is 4.80. The van der Waals surface area contributed by atoms with Gasteiger partial charge in [-0.05, 0) is 30.3 Å². The minimum absolute atomic E-state index is 0.123. The van der Waals surface area contributed by atoms with Crippen molar-refractivity contribution in [1.82, 2.24) is 9.55 Å². The summed E-state index contributed by atoms with van der Waals surface area (Å²) in [6.07, 6.45) is 0. The van der Waals surface area contributed by atoms with E-state index in [2.05, 4.69) is 9.55 Å². The van der Waals surface area contributed by atoms with Gasteiger partial charge in [-0.1, -0.05) is 12.1 Å². The van der Waals surface area contributed by atoms with Crippen molar-refractivity contribution in [2.24, 2.45) is 0 Å². The molecule has 1 heterocycles. The average Bonchev–Trinajstić information content (AvgIpc) is 2.86. The molecule has 0 radical (unpaired) electrons. The van der Waals surface area contributed by atoms with E-state index in [1.807, 2.05) is 24.3 Å². The largest absolute Gasteiger partial charge is 0.396 e. The molecule has 108 valence electrons. The first-order chi connectivity index (χ1) is 10.2. The van der Waals surface area contributed by atoms with E-state index in [0.29, 0.717) is 13.2 Å². The van der Waals surface area contributed by atoms with Crippen molar-refractivity contribution in [2.75, 3.05) is 19.5 Å². The fourth-order valence-electron chi connectivity index (χ4n) is 2.39. The Kier molecular flexibility index (Phi) is 3.58. The van der Waals surface area contributed by atoms with Gasteiger partial charge in [-0.2, -0.15) is 0 Å². The third kappa shape index (κ3) is 2.48. The van der Waals surface area contributed by atoms with Gasteiger partial charge in [-0.15, -0.1) is 0 Å². The number of aromatic nitrogens is 2. The maximum Gasteiger partial charge on any atom is 0.146 e. The predicted octanol–water partition coefficient (Wildman–Crippen LogP) is 3.07. The summed E-state index contributed by atoms with van der Waals surface area (Å²) in [5.74, 6) is 0.346. The van der Waals surface area contributed by atoms with E-state index in [1.165, 1.54) is 6.07 Å². The van der Waals surface area contributed by atoms with Gasteiger partial charge in [0.25, 0.3) is 0 Å². The number of nitrogens with two attached hydrogens (primary N) is 1. The molecule has 0 aliphatic heterocycles. The Morgan fingerprint density at radius 2 is 2.05 bits per heavy atom. The number of fused-ring (bicyclic) bond motifs is 1. The number of nitrogens with zero attached hydrogens (tertiary/aromatic N) is 2. The minimum Gasteiger partial charge on any atom is -0.396 e. The topological polar surface area (TPSA) is 53.1 Å². The molecule has 0 unspecified atom stereocenters. The van der Waals surface area contributed by atoms with Gasteiger partial charge < -0.3 is 15.0 Å². The van der Waals surface area contributed by atoms with E-state index >= 15 is 0 Å². The smallest absolute Gasteiger partial charge is 0.146 e. The fraction of sp³-hybridized carbons (Fsp3) is 0.188. The number of imidazole rings is 1. The van der Waals surface area contributed by atoms with Crippen LogP contribution < -0.4 is 5.73 Å². The maximum atomic E-state index is 13.3. The number of anilines is 1. The van der Waals surface area contributed by atoms with Gasteiger partial charge in [0.05, 0.1) is 23.3 Å². The molecule has 0 saturated carbocycles. The number of benzene rings is 2. The van der Waals surface area contributed by atoms with Gasteiger partial charge in [0.15, 0.2) is 0 Å². The van der Waals surface area contributed by atoms with Gasteiger partial charge in [0, 0.05) is 19.2 Å². The lowest BCUT2D eigenvalue weighted by atomic mass is 10.2. The molecular formula is C16H16FN3O. The molecule has 5 heteroatoms. The zero-order chi connectivity index (χ0) is 14.8. The summed E-state index contributed by atoms with van der Waals surface area (Å²) < 4.78 is 20.6. The fourth-order valence-corrected chi connectivity index (χ4v) is 2.39. The summed E-state index contributed by atoms with van der Waals surface area (Å²) in [5, 5.41) is 0. The third-order valence-electron chi connectivity index (χ3n) is 3.43. The van der Waals surface area contributed by atoms with Crippen LogP contribution in [0.25, 0.3) is 22.4 Å². The van der Waals surface area contributed by atoms with Crippen molar-refractivity contribution in [3.05, 3.63) is 48.3 Å². The molecule has 0 atom stereocenters. The molecule has 0 aliphatic carbocycles. The minimum atomic E-state index is -0.418. The molecule has 3 rings (SSSR count). The van der Waals surface area contributed by atoms with E-state index in [0.717, 1.165) is 22.4 Å². The lowest BCUT2D eigenvalue weighted by Crippen LogP contribution is -2.06. The molecule has 3 aromatic rings. The quantitative estimate of drug-likeness (QED) is 0.749. The van der Waals surface area contributed by atoms with E-state index in [9.17, 15) is 4.39 Å². The molecule has 2 aromatic carbocycles. The van der Waals surface area contributed by atoms with Crippen molar-refractivity contribution in [2.45, 2.75) is 6.54 Å². The van der Waals surface area contributed by atoms with E-state index in [4.69, 9.17) is 10.5 Å². The van der Waals surface area contributed by atoms with Crippen LogP contribution >= 0.6 is 0 Å². The number of ether oxygens (including phenoxy) is 1. The van der Waals surface area contributed by atoms with Crippen LogP contribution in [0, 0.1) is 5.82 Å². The molecule has 2 N–H and O–H groups in total. The number of methoxy groups -OCH3 is 1. The van der Waals surface area contributed by atoms with Gasteiger partial charge in [-0.3, -0.25) is 0 Å². The highest BCUT2D eigenvalue weighted by Crippen LogP contribution is 2.27. The van der Waals surface area contributed by atoms with Crippen LogP contribution in [0.5, 0.6) is 0 Å². The number of para-hydroxylation sites is 2. The Labute approximate surface area is 122 Å². The summed E-state index contributed by atoms with van der Waals surface area (Å²) >= 11 is 0. The summed E-state index contributed by atoms with van der Waals surface area (Å²) in [6.45, 7) is 1.24. The summed E-state index contributed by atoms with van der Waals surface area (Å²) in [5.41, 5.74) is 8.50. The van der Waals surface area contributed by atoms with Crippen molar-refractivity contribution >= 4 is 16.7 Å². The summed E-state index contributed by atoms with van der Waals surface area (Å²) in [6, 6.07) is 12.5. The van der Waals surface area contributed by atoms with Gasteiger partial charge in [0.2, 0.25) is 0 Å². The molecule has 1 aromatic heterocycles. The van der Waals surface area contributed by atoms with Crippen molar-refractivity contribution in [3.8, 4) is 11.4 Å². The lowest BCUT2D eigenvalue weighted by molar-refractivity contribution is 0.188. The third-order valence-corrected chi connectivity index (χ3v) is 3.43. The van der Waals surface area contributed by atoms with Crippen LogP contribution in [0.4, 0.5) is 10.1 Å². The Hall–Kier alpha value is -2.40. The molecule has 21 heavy (non-hydrogen) atoms. The normalized spacial score (nSPS) is 11.1. The van der Waals surface area contributed by atoms with Gasteiger partial charge >= 0.3 is 0 Å². The van der Waals surface area contributed by atoms with Crippen molar-refractivity contribution in [1.29, 1.82) is 0 Å². The molecule has 0 amide bonds. The molecule has 4 nitrogen and oxygen atoms in total. The highest BCUT2D eigenvalue weighted by atomic mass is 19.1. The molecule has 0 spiro atoms. The average molecular weight is 285 g/mol. The van der Waals surface area contributed by atoms with Crippen LogP contribution in [0.2, 0.25) is 0 Å².